The van der Waals surface area contributed by atoms with E-state index in [4.69, 9.17) is 0 Å². The molecule has 0 aromatic carbocycles. The van der Waals surface area contributed by atoms with Crippen molar-refractivity contribution in [1.82, 2.24) is 19.9 Å². The third-order valence-corrected chi connectivity index (χ3v) is 2.72. The SMILES string of the molecule is CCCNCCN(C)c1nccn2nccc12. The van der Waals surface area contributed by atoms with Gasteiger partial charge in [0.05, 0.1) is 6.20 Å². The highest BCUT2D eigenvalue weighted by Crippen LogP contribution is 2.15. The van der Waals surface area contributed by atoms with Crippen LogP contribution >= 0.6 is 0 Å². The van der Waals surface area contributed by atoms with E-state index in [0.717, 1.165) is 31.0 Å². The quantitative estimate of drug-likeness (QED) is 0.761. The maximum absolute atomic E-state index is 4.42. The number of aromatic nitrogens is 3. The fourth-order valence-electron chi connectivity index (χ4n) is 1.79. The zero-order valence-electron chi connectivity index (χ0n) is 10.4. The summed E-state index contributed by atoms with van der Waals surface area (Å²) >= 11 is 0. The fourth-order valence-corrected chi connectivity index (χ4v) is 1.79. The van der Waals surface area contributed by atoms with Crippen molar-refractivity contribution < 1.29 is 0 Å². The van der Waals surface area contributed by atoms with E-state index in [2.05, 4.69) is 34.3 Å². The molecule has 0 radical (unpaired) electrons. The van der Waals surface area contributed by atoms with E-state index in [1.54, 1.807) is 12.4 Å². The molecule has 5 heteroatoms. The molecule has 5 nitrogen and oxygen atoms in total. The number of anilines is 1. The molecule has 2 aromatic rings. The van der Waals surface area contributed by atoms with E-state index in [9.17, 15) is 0 Å². The number of fused-ring (bicyclic) bond motifs is 1. The zero-order chi connectivity index (χ0) is 12.1. The van der Waals surface area contributed by atoms with Crippen molar-refractivity contribution in [2.75, 3.05) is 31.6 Å². The maximum atomic E-state index is 4.42. The summed E-state index contributed by atoms with van der Waals surface area (Å²) in [5, 5.41) is 7.59. The van der Waals surface area contributed by atoms with Gasteiger partial charge in [0.25, 0.3) is 0 Å². The van der Waals surface area contributed by atoms with Gasteiger partial charge in [-0.25, -0.2) is 9.50 Å². The highest BCUT2D eigenvalue weighted by atomic mass is 15.3. The molecule has 0 saturated carbocycles. The van der Waals surface area contributed by atoms with Crippen LogP contribution < -0.4 is 10.2 Å². The first-order valence-electron chi connectivity index (χ1n) is 6.03. The average Bonchev–Trinajstić information content (AvgIpc) is 2.82. The van der Waals surface area contributed by atoms with Crippen molar-refractivity contribution in [3.8, 4) is 0 Å². The van der Waals surface area contributed by atoms with Crippen molar-refractivity contribution in [2.24, 2.45) is 0 Å². The minimum atomic E-state index is 0.942. The Morgan fingerprint density at radius 1 is 1.35 bits per heavy atom. The largest absolute Gasteiger partial charge is 0.357 e. The van der Waals surface area contributed by atoms with Gasteiger partial charge in [-0.15, -0.1) is 0 Å². The second-order valence-corrected chi connectivity index (χ2v) is 4.08. The number of nitrogens with one attached hydrogen (secondary N) is 1. The smallest absolute Gasteiger partial charge is 0.154 e. The summed E-state index contributed by atoms with van der Waals surface area (Å²) in [4.78, 5) is 6.57. The lowest BCUT2D eigenvalue weighted by molar-refractivity contribution is 0.664. The lowest BCUT2D eigenvalue weighted by atomic mass is 10.4. The van der Waals surface area contributed by atoms with Gasteiger partial charge in [-0.1, -0.05) is 6.92 Å². The number of nitrogens with zero attached hydrogens (tertiary/aromatic N) is 4. The molecule has 17 heavy (non-hydrogen) atoms. The van der Waals surface area contributed by atoms with Crippen molar-refractivity contribution >= 4 is 11.3 Å². The van der Waals surface area contributed by atoms with Gasteiger partial charge in [-0.2, -0.15) is 5.10 Å². The van der Waals surface area contributed by atoms with Crippen molar-refractivity contribution in [1.29, 1.82) is 0 Å². The highest BCUT2D eigenvalue weighted by Gasteiger charge is 2.07. The van der Waals surface area contributed by atoms with Crippen LogP contribution in [-0.4, -0.2) is 41.3 Å². The number of rotatable bonds is 6. The van der Waals surface area contributed by atoms with Gasteiger partial charge in [-0.3, -0.25) is 0 Å². The summed E-state index contributed by atoms with van der Waals surface area (Å²) in [6.45, 7) is 5.16. The molecule has 0 fully saturated rings. The Balaban J connectivity index is 2.03. The second kappa shape index (κ2) is 5.63. The van der Waals surface area contributed by atoms with Crippen LogP contribution in [-0.2, 0) is 0 Å². The van der Waals surface area contributed by atoms with Crippen molar-refractivity contribution in [3.63, 3.8) is 0 Å². The van der Waals surface area contributed by atoms with Crippen LogP contribution in [0.2, 0.25) is 0 Å². The Labute approximate surface area is 101 Å². The normalized spacial score (nSPS) is 10.9. The first kappa shape index (κ1) is 11.9. The Bertz CT molecular complexity index is 465. The van der Waals surface area contributed by atoms with Crippen LogP contribution in [0.5, 0.6) is 0 Å². The van der Waals surface area contributed by atoms with Crippen LogP contribution in [0.1, 0.15) is 13.3 Å². The summed E-state index contributed by atoms with van der Waals surface area (Å²) in [7, 11) is 2.06. The van der Waals surface area contributed by atoms with Gasteiger partial charge in [0.2, 0.25) is 0 Å². The second-order valence-electron chi connectivity index (χ2n) is 4.08. The molecule has 0 aliphatic heterocycles. The molecule has 0 amide bonds. The van der Waals surface area contributed by atoms with Crippen LogP contribution in [0.4, 0.5) is 5.82 Å². The molecule has 92 valence electrons. The first-order chi connectivity index (χ1) is 8.33. The molecule has 1 N–H and O–H groups in total. The van der Waals surface area contributed by atoms with E-state index in [0.29, 0.717) is 0 Å². The molecule has 0 aliphatic rings. The number of hydrogen-bond acceptors (Lipinski definition) is 4. The molecule has 0 spiro atoms. The van der Waals surface area contributed by atoms with Gasteiger partial charge in [0, 0.05) is 32.5 Å². The molecule has 2 rings (SSSR count). The van der Waals surface area contributed by atoms with E-state index in [1.165, 1.54) is 6.42 Å². The summed E-state index contributed by atoms with van der Waals surface area (Å²) in [5.74, 6) is 0.975. The highest BCUT2D eigenvalue weighted by molar-refractivity contribution is 5.67. The predicted molar refractivity (Wildman–Crippen MR) is 69.4 cm³/mol. The van der Waals surface area contributed by atoms with Gasteiger partial charge in [0.1, 0.15) is 5.52 Å². The van der Waals surface area contributed by atoms with Crippen molar-refractivity contribution in [3.05, 3.63) is 24.7 Å². The molecule has 0 aliphatic carbocycles. The number of likely N-dealkylation sites (N-methyl/N-ethyl adjacent to an activating group) is 1. The topological polar surface area (TPSA) is 45.5 Å². The van der Waals surface area contributed by atoms with E-state index >= 15 is 0 Å². The lowest BCUT2D eigenvalue weighted by Crippen LogP contribution is -2.30. The van der Waals surface area contributed by atoms with Gasteiger partial charge in [0.15, 0.2) is 5.82 Å². The monoisotopic (exact) mass is 233 g/mol. The van der Waals surface area contributed by atoms with E-state index in [-0.39, 0.29) is 0 Å². The minimum absolute atomic E-state index is 0.942. The van der Waals surface area contributed by atoms with Gasteiger partial charge >= 0.3 is 0 Å². The minimum Gasteiger partial charge on any atom is -0.357 e. The molecule has 0 atom stereocenters. The molecule has 0 unspecified atom stereocenters. The first-order valence-corrected chi connectivity index (χ1v) is 6.03. The van der Waals surface area contributed by atoms with Crippen LogP contribution in [0.25, 0.3) is 5.52 Å². The summed E-state index contributed by atoms with van der Waals surface area (Å²) in [5.41, 5.74) is 1.05. The Hall–Kier alpha value is -1.62. The molecule has 0 saturated heterocycles. The Kier molecular flexibility index (Phi) is 3.93. The molecular formula is C12H19N5. The lowest BCUT2D eigenvalue weighted by Gasteiger charge is -2.18. The standard InChI is InChI=1S/C12H19N5/c1-3-5-13-7-9-16(2)12-11-4-6-15-17(11)10-8-14-12/h4,6,8,10,13H,3,5,7,9H2,1-2H3. The Morgan fingerprint density at radius 3 is 3.06 bits per heavy atom. The van der Waals surface area contributed by atoms with Crippen LogP contribution in [0.3, 0.4) is 0 Å². The summed E-state index contributed by atoms with van der Waals surface area (Å²) in [6, 6.07) is 1.98. The van der Waals surface area contributed by atoms with Gasteiger partial charge in [-0.05, 0) is 19.0 Å². The van der Waals surface area contributed by atoms with Crippen LogP contribution in [0.15, 0.2) is 24.7 Å². The number of hydrogen-bond donors (Lipinski definition) is 1. The summed E-state index contributed by atoms with van der Waals surface area (Å²) < 4.78 is 1.85. The predicted octanol–water partition coefficient (Wildman–Crippen LogP) is 1.17. The molecule has 2 heterocycles. The molecular weight excluding hydrogens is 214 g/mol. The molecule has 0 bridgehead atoms. The van der Waals surface area contributed by atoms with Crippen molar-refractivity contribution in [2.45, 2.75) is 13.3 Å². The van der Waals surface area contributed by atoms with E-state index in [1.807, 2.05) is 16.8 Å². The van der Waals surface area contributed by atoms with Crippen LogP contribution in [0, 0.1) is 0 Å². The van der Waals surface area contributed by atoms with Gasteiger partial charge < -0.3 is 10.2 Å². The zero-order valence-corrected chi connectivity index (χ0v) is 10.4. The maximum Gasteiger partial charge on any atom is 0.154 e. The molecule has 2 aromatic heterocycles. The third-order valence-electron chi connectivity index (χ3n) is 2.72. The third kappa shape index (κ3) is 2.74. The Morgan fingerprint density at radius 2 is 2.24 bits per heavy atom. The average molecular weight is 233 g/mol. The fraction of sp³-hybridized carbons (Fsp3) is 0.500. The summed E-state index contributed by atoms with van der Waals surface area (Å²) in [6.07, 6.45) is 6.61. The van der Waals surface area contributed by atoms with E-state index < -0.39 is 0 Å².